The minimum absolute atomic E-state index is 0.157. The van der Waals surface area contributed by atoms with Crippen LogP contribution in [0.4, 0.5) is 5.69 Å². The van der Waals surface area contributed by atoms with E-state index in [0.29, 0.717) is 23.1 Å². The van der Waals surface area contributed by atoms with E-state index in [4.69, 9.17) is 0 Å². The third-order valence-electron chi connectivity index (χ3n) is 5.59. The first kappa shape index (κ1) is 27.4. The number of nitrogens with one attached hydrogen (secondary N) is 1. The minimum atomic E-state index is -3.79. The highest BCUT2D eigenvalue weighted by Crippen LogP contribution is 2.23. The van der Waals surface area contributed by atoms with E-state index in [1.807, 2.05) is 67.6 Å². The van der Waals surface area contributed by atoms with Gasteiger partial charge in [0.05, 0.1) is 11.9 Å². The highest BCUT2D eigenvalue weighted by molar-refractivity contribution is 9.10. The molecule has 7 nitrogen and oxygen atoms in total. The molecular weight excluding hydrogens is 542 g/mol. The maximum Gasteiger partial charge on any atom is 0.244 e. The van der Waals surface area contributed by atoms with Crippen molar-refractivity contribution in [2.24, 2.45) is 0 Å². The molecule has 2 amide bonds. The number of nitrogens with zero attached hydrogens (tertiary/aromatic N) is 2. The van der Waals surface area contributed by atoms with Crippen LogP contribution < -0.4 is 9.62 Å². The average molecular weight is 573 g/mol. The Labute approximate surface area is 221 Å². The molecule has 9 heteroatoms. The van der Waals surface area contributed by atoms with E-state index in [0.717, 1.165) is 21.7 Å². The SMILES string of the molecule is CCNC(=O)C(Cc1ccccc1)N(Cc1ccccc1)C(=O)CN(c1cccc(Br)c1)S(C)(=O)=O. The summed E-state index contributed by atoms with van der Waals surface area (Å²) in [5.74, 6) is -0.768. The van der Waals surface area contributed by atoms with Crippen LogP contribution in [0.1, 0.15) is 18.1 Å². The zero-order valence-corrected chi connectivity index (χ0v) is 22.7. The molecule has 0 aromatic heterocycles. The van der Waals surface area contributed by atoms with Crippen molar-refractivity contribution in [3.05, 3.63) is 101 Å². The number of likely N-dealkylation sites (N-methyl/N-ethyl adjacent to an activating group) is 1. The second-order valence-corrected chi connectivity index (χ2v) is 11.2. The number of carbonyl (C=O) groups excluding carboxylic acids is 2. The zero-order valence-electron chi connectivity index (χ0n) is 20.3. The number of benzene rings is 3. The monoisotopic (exact) mass is 571 g/mol. The predicted octanol–water partition coefficient (Wildman–Crippen LogP) is 3.99. The summed E-state index contributed by atoms with van der Waals surface area (Å²) >= 11 is 3.36. The van der Waals surface area contributed by atoms with E-state index in [-0.39, 0.29) is 12.5 Å². The molecule has 0 aliphatic rings. The van der Waals surface area contributed by atoms with Crippen LogP contribution in [-0.2, 0) is 32.6 Å². The fraction of sp³-hybridized carbons (Fsp3) is 0.259. The van der Waals surface area contributed by atoms with Crippen molar-refractivity contribution in [1.82, 2.24) is 10.2 Å². The first-order valence-corrected chi connectivity index (χ1v) is 14.2. The van der Waals surface area contributed by atoms with Crippen LogP contribution in [0.2, 0.25) is 0 Å². The number of rotatable bonds is 11. The molecule has 1 unspecified atom stereocenters. The summed E-state index contributed by atoms with van der Waals surface area (Å²) in [6.45, 7) is 1.95. The molecule has 0 fully saturated rings. The Morgan fingerprint density at radius 1 is 0.917 bits per heavy atom. The maximum absolute atomic E-state index is 13.8. The van der Waals surface area contributed by atoms with Crippen LogP contribution in [0.3, 0.4) is 0 Å². The Kier molecular flexibility index (Phi) is 9.66. The number of amides is 2. The number of halogens is 1. The normalized spacial score (nSPS) is 12.0. The molecule has 1 atom stereocenters. The van der Waals surface area contributed by atoms with Crippen LogP contribution in [-0.4, -0.2) is 50.5 Å². The van der Waals surface area contributed by atoms with E-state index >= 15 is 0 Å². The number of sulfonamides is 1. The molecule has 0 spiro atoms. The Morgan fingerprint density at radius 2 is 1.53 bits per heavy atom. The summed E-state index contributed by atoms with van der Waals surface area (Å²) in [6.07, 6.45) is 1.36. The Hall–Kier alpha value is -3.17. The highest BCUT2D eigenvalue weighted by Gasteiger charge is 2.32. The van der Waals surface area contributed by atoms with Gasteiger partial charge in [-0.25, -0.2) is 8.42 Å². The second-order valence-electron chi connectivity index (χ2n) is 8.36. The fourth-order valence-corrected chi connectivity index (χ4v) is 5.10. The van der Waals surface area contributed by atoms with Gasteiger partial charge in [0.15, 0.2) is 0 Å². The molecule has 3 aromatic rings. The summed E-state index contributed by atoms with van der Waals surface area (Å²) in [4.78, 5) is 28.5. The van der Waals surface area contributed by atoms with Gasteiger partial charge < -0.3 is 10.2 Å². The quantitative estimate of drug-likeness (QED) is 0.377. The molecule has 0 aliphatic heterocycles. The van der Waals surface area contributed by atoms with Gasteiger partial charge in [-0.1, -0.05) is 82.7 Å². The fourth-order valence-electron chi connectivity index (χ4n) is 3.87. The van der Waals surface area contributed by atoms with Gasteiger partial charge in [-0.05, 0) is 36.2 Å². The molecule has 0 saturated carbocycles. The number of anilines is 1. The van der Waals surface area contributed by atoms with Gasteiger partial charge in [0.2, 0.25) is 21.8 Å². The van der Waals surface area contributed by atoms with Crippen molar-refractivity contribution in [3.8, 4) is 0 Å². The van der Waals surface area contributed by atoms with Crippen LogP contribution in [0.15, 0.2) is 89.4 Å². The van der Waals surface area contributed by atoms with Gasteiger partial charge in [-0.2, -0.15) is 0 Å². The minimum Gasteiger partial charge on any atom is -0.355 e. The van der Waals surface area contributed by atoms with E-state index in [2.05, 4.69) is 21.2 Å². The first-order chi connectivity index (χ1) is 17.2. The molecule has 36 heavy (non-hydrogen) atoms. The molecule has 0 heterocycles. The molecule has 0 radical (unpaired) electrons. The second kappa shape index (κ2) is 12.7. The Morgan fingerprint density at radius 3 is 2.08 bits per heavy atom. The molecule has 0 bridgehead atoms. The standard InChI is InChI=1S/C27H30BrN3O4S/c1-3-29-27(33)25(17-21-11-6-4-7-12-21)30(19-22-13-8-5-9-14-22)26(32)20-31(36(2,34)35)24-16-10-15-23(28)18-24/h4-16,18,25H,3,17,19-20H2,1-2H3,(H,29,33). The van der Waals surface area contributed by atoms with Crippen LogP contribution >= 0.6 is 15.9 Å². The van der Waals surface area contributed by atoms with Crippen molar-refractivity contribution in [1.29, 1.82) is 0 Å². The zero-order chi connectivity index (χ0) is 26.1. The van der Waals surface area contributed by atoms with Crippen molar-refractivity contribution >= 4 is 43.5 Å². The lowest BCUT2D eigenvalue weighted by atomic mass is 10.0. The van der Waals surface area contributed by atoms with Gasteiger partial charge in [-0.15, -0.1) is 0 Å². The first-order valence-electron chi connectivity index (χ1n) is 11.6. The summed E-state index contributed by atoms with van der Waals surface area (Å²) in [6, 6.07) is 24.7. The number of hydrogen-bond donors (Lipinski definition) is 1. The smallest absolute Gasteiger partial charge is 0.244 e. The number of hydrogen-bond acceptors (Lipinski definition) is 4. The van der Waals surface area contributed by atoms with Crippen LogP contribution in [0, 0.1) is 0 Å². The van der Waals surface area contributed by atoms with Crippen molar-refractivity contribution in [3.63, 3.8) is 0 Å². The summed E-state index contributed by atoms with van der Waals surface area (Å²) < 4.78 is 27.2. The largest absolute Gasteiger partial charge is 0.355 e. The Bertz CT molecular complexity index is 1270. The van der Waals surface area contributed by atoms with E-state index in [1.54, 1.807) is 24.3 Å². The lowest BCUT2D eigenvalue weighted by Crippen LogP contribution is -2.53. The molecule has 190 valence electrons. The maximum atomic E-state index is 13.8. The molecule has 3 rings (SSSR count). The molecule has 0 saturated heterocycles. The summed E-state index contributed by atoms with van der Waals surface area (Å²) in [7, 11) is -3.79. The third-order valence-corrected chi connectivity index (χ3v) is 7.23. The van der Waals surface area contributed by atoms with Gasteiger partial charge in [-0.3, -0.25) is 13.9 Å². The lowest BCUT2D eigenvalue weighted by molar-refractivity contribution is -0.140. The molecule has 1 N–H and O–H groups in total. The van der Waals surface area contributed by atoms with Crippen molar-refractivity contribution < 1.29 is 18.0 Å². The summed E-state index contributed by atoms with van der Waals surface area (Å²) in [5.41, 5.74) is 2.09. The molecule has 3 aromatic carbocycles. The highest BCUT2D eigenvalue weighted by atomic mass is 79.9. The van der Waals surface area contributed by atoms with Crippen molar-refractivity contribution in [2.45, 2.75) is 25.9 Å². The Balaban J connectivity index is 2.01. The van der Waals surface area contributed by atoms with Gasteiger partial charge in [0.25, 0.3) is 0 Å². The lowest BCUT2D eigenvalue weighted by Gasteiger charge is -2.33. The molecule has 0 aliphatic carbocycles. The van der Waals surface area contributed by atoms with E-state index in [1.165, 1.54) is 4.90 Å². The number of carbonyl (C=O) groups is 2. The van der Waals surface area contributed by atoms with Crippen molar-refractivity contribution in [2.75, 3.05) is 23.7 Å². The van der Waals surface area contributed by atoms with Gasteiger partial charge in [0.1, 0.15) is 12.6 Å². The average Bonchev–Trinajstić information content (AvgIpc) is 2.85. The third kappa shape index (κ3) is 7.66. The van der Waals surface area contributed by atoms with Crippen LogP contribution in [0.5, 0.6) is 0 Å². The van der Waals surface area contributed by atoms with E-state index < -0.39 is 28.5 Å². The summed E-state index contributed by atoms with van der Waals surface area (Å²) in [5, 5.41) is 2.84. The van der Waals surface area contributed by atoms with Gasteiger partial charge >= 0.3 is 0 Å². The predicted molar refractivity (Wildman–Crippen MR) is 146 cm³/mol. The van der Waals surface area contributed by atoms with Gasteiger partial charge in [0, 0.05) is 24.0 Å². The topological polar surface area (TPSA) is 86.8 Å². The van der Waals surface area contributed by atoms with Crippen LogP contribution in [0.25, 0.3) is 0 Å². The van der Waals surface area contributed by atoms with E-state index in [9.17, 15) is 18.0 Å². The molecular formula is C27H30BrN3O4S.